The number of β-lactam (4-membered cyclic amide) rings is 2. The van der Waals surface area contributed by atoms with E-state index in [2.05, 4.69) is 215 Å². The summed E-state index contributed by atoms with van der Waals surface area (Å²) in [5, 5.41) is 3.38. The predicted octanol–water partition coefficient (Wildman–Crippen LogP) is 16.4. The Morgan fingerprint density at radius 2 is 1.02 bits per heavy atom. The number of likely N-dealkylation sites (tertiary alicyclic amines) is 3. The Labute approximate surface area is 514 Å². The van der Waals surface area contributed by atoms with Gasteiger partial charge in [-0.25, -0.2) is 0 Å². The first kappa shape index (κ1) is 73.2. The van der Waals surface area contributed by atoms with Crippen LogP contribution in [-0.2, 0) is 25.7 Å². The van der Waals surface area contributed by atoms with Gasteiger partial charge in [0.15, 0.2) is 0 Å². The number of nitrogens with one attached hydrogen (secondary N) is 1. The minimum absolute atomic E-state index is 0. The number of benzene rings is 3. The molecule has 6 heterocycles. The molecule has 6 aliphatic heterocycles. The highest BCUT2D eigenvalue weighted by Gasteiger charge is 2.64. The maximum Gasteiger partial charge on any atom is 0.232 e. The lowest BCUT2D eigenvalue weighted by Gasteiger charge is -2.62. The predicted molar refractivity (Wildman–Crippen MR) is 355 cm³/mol. The quantitative estimate of drug-likeness (QED) is 0.178. The van der Waals surface area contributed by atoms with Gasteiger partial charge < -0.3 is 24.9 Å². The Balaban J connectivity index is 0.000000295. The molecule has 1 aliphatic carbocycles. The van der Waals surface area contributed by atoms with Gasteiger partial charge in [0, 0.05) is 56.1 Å². The van der Waals surface area contributed by atoms with Gasteiger partial charge in [-0.1, -0.05) is 206 Å². The Morgan fingerprint density at radius 1 is 0.583 bits per heavy atom. The van der Waals surface area contributed by atoms with E-state index in [1.165, 1.54) is 27.8 Å². The lowest BCUT2D eigenvalue weighted by molar-refractivity contribution is -0.189. The van der Waals surface area contributed by atoms with E-state index in [1.54, 1.807) is 0 Å². The van der Waals surface area contributed by atoms with E-state index in [4.69, 9.17) is 0 Å². The Hall–Kier alpha value is -5.06. The third-order valence-corrected chi connectivity index (χ3v) is 18.6. The largest absolute Gasteiger partial charge is 0.339 e. The molecule has 1 saturated carbocycles. The van der Waals surface area contributed by atoms with Crippen LogP contribution in [0.1, 0.15) is 220 Å². The highest BCUT2D eigenvalue weighted by atomic mass is 16.2. The van der Waals surface area contributed by atoms with Crippen molar-refractivity contribution in [2.45, 2.75) is 221 Å². The smallest absolute Gasteiger partial charge is 0.232 e. The summed E-state index contributed by atoms with van der Waals surface area (Å²) in [6.45, 7) is 41.3. The molecule has 4 saturated heterocycles. The zero-order valence-electron chi connectivity index (χ0n) is 52.3. The molecular weight excluding hydrogens is 1040 g/mol. The second-order valence-electron chi connectivity index (χ2n) is 28.9. The van der Waals surface area contributed by atoms with E-state index in [1.807, 2.05) is 21.9 Å². The van der Waals surface area contributed by atoms with Gasteiger partial charge in [0.05, 0.1) is 22.9 Å². The van der Waals surface area contributed by atoms with Gasteiger partial charge in [-0.05, 0) is 158 Å². The molecule has 4 atom stereocenters. The average molecular weight is 1160 g/mol. The van der Waals surface area contributed by atoms with Crippen LogP contribution in [0.25, 0.3) is 0 Å². The minimum atomic E-state index is -0.224. The lowest BCUT2D eigenvalue weighted by Crippen LogP contribution is -2.70. The van der Waals surface area contributed by atoms with Crippen molar-refractivity contribution in [2.24, 2.45) is 39.4 Å². The van der Waals surface area contributed by atoms with Crippen molar-refractivity contribution in [3.63, 3.8) is 0 Å². The molecule has 7 aliphatic rings. The SMILES string of the molecule is C.C.C.C.CC(C)(C)N1C(=O)C2(CCNCC2)C1c1ccccc1.CC(C)(C)N1CCC2(CC1)C(=O)N(Cc1ccccc1)C2c1ccccc1.CC(C)CCC(=O)N1CC=C(C(C)(C)C)CC1.CC1CC1C(=O)N1CC=C(C(C)(C)C)CC1. The third kappa shape index (κ3) is 17.3. The lowest BCUT2D eigenvalue weighted by atomic mass is 9.61. The number of piperidine rings is 2. The fourth-order valence-corrected chi connectivity index (χ4v) is 13.3. The van der Waals surface area contributed by atoms with Crippen LogP contribution in [0.3, 0.4) is 0 Å². The Morgan fingerprint density at radius 3 is 1.43 bits per heavy atom. The van der Waals surface area contributed by atoms with Crippen LogP contribution in [0.4, 0.5) is 0 Å². The molecule has 2 spiro atoms. The second-order valence-corrected chi connectivity index (χ2v) is 28.9. The van der Waals surface area contributed by atoms with Gasteiger partial charge in [-0.15, -0.1) is 0 Å². The molecule has 1 N–H and O–H groups in total. The van der Waals surface area contributed by atoms with Crippen LogP contribution in [0, 0.1) is 39.4 Å². The maximum absolute atomic E-state index is 13.4. The van der Waals surface area contributed by atoms with Crippen molar-refractivity contribution in [3.05, 3.63) is 131 Å². The first-order valence-corrected chi connectivity index (χ1v) is 30.8. The number of carbonyl (C=O) groups excluding carboxylic acids is 4. The van der Waals surface area contributed by atoms with Crippen LogP contribution >= 0.6 is 0 Å². The first-order chi connectivity index (χ1) is 37.6. The average Bonchev–Trinajstić information content (AvgIpc) is 1.12. The maximum atomic E-state index is 13.4. The van der Waals surface area contributed by atoms with Gasteiger partial charge in [-0.2, -0.15) is 0 Å². The summed E-state index contributed by atoms with van der Waals surface area (Å²) in [6.07, 6.45) is 13.2. The Bertz CT molecular complexity index is 2600. The summed E-state index contributed by atoms with van der Waals surface area (Å²) < 4.78 is 0. The summed E-state index contributed by atoms with van der Waals surface area (Å²) in [4.78, 5) is 61.0. The van der Waals surface area contributed by atoms with Crippen molar-refractivity contribution < 1.29 is 19.2 Å². The van der Waals surface area contributed by atoms with E-state index >= 15 is 0 Å². The van der Waals surface area contributed by atoms with Crippen molar-refractivity contribution >= 4 is 23.6 Å². The first-order valence-electron chi connectivity index (χ1n) is 30.8. The molecule has 4 unspecified atom stereocenters. The fourth-order valence-electron chi connectivity index (χ4n) is 13.3. The Kier molecular flexibility index (Phi) is 26.2. The van der Waals surface area contributed by atoms with Gasteiger partial charge in [0.1, 0.15) is 0 Å². The fraction of sp³-hybridized carbons (Fsp3) is 0.649. The van der Waals surface area contributed by atoms with Crippen LogP contribution in [-0.4, -0.2) is 112 Å². The third-order valence-electron chi connectivity index (χ3n) is 18.6. The molecule has 10 rings (SSSR count). The molecule has 0 radical (unpaired) electrons. The molecule has 3 aromatic rings. The van der Waals surface area contributed by atoms with E-state index in [-0.39, 0.29) is 74.5 Å². The highest BCUT2D eigenvalue weighted by Crippen LogP contribution is 2.58. The standard InChI is InChI=1S/C24H30N2O.C17H24N2O.C15H27NO.C14H23NO.4CH4/c1-23(2,3)25-16-14-24(15-17-25)21(20-12-8-5-9-13-20)26(22(24)27)18-19-10-6-4-7-11-19;1-16(2,3)19-14(13-7-5-4-6-8-13)17(15(19)20)9-11-18-12-10-17;1-12(2)6-7-14(17)16-10-8-13(9-11-16)15(3,4)5;1-10-9-12(10)13(16)15-7-5-11(6-8-15)14(2,3)4;;;;/h4-13,21H,14-18H2,1-3H3;4-8,14,18H,9-12H2,1-3H3;8,12H,6-7,9-11H2,1-5H3;5,10,12H,6-9H2,1-4H3;4*1H4. The van der Waals surface area contributed by atoms with E-state index in [0.717, 1.165) is 104 Å². The molecule has 4 amide bonds. The zero-order chi connectivity index (χ0) is 58.4. The number of hydrogen-bond donors (Lipinski definition) is 1. The highest BCUT2D eigenvalue weighted by molar-refractivity contribution is 5.92. The topological polar surface area (TPSA) is 96.5 Å². The van der Waals surface area contributed by atoms with Crippen LogP contribution in [0.5, 0.6) is 0 Å². The molecule has 470 valence electrons. The van der Waals surface area contributed by atoms with Gasteiger partial charge >= 0.3 is 0 Å². The van der Waals surface area contributed by atoms with E-state index in [0.29, 0.717) is 54.3 Å². The van der Waals surface area contributed by atoms with Gasteiger partial charge in [0.2, 0.25) is 23.6 Å². The molecule has 5 fully saturated rings. The van der Waals surface area contributed by atoms with E-state index < -0.39 is 0 Å². The van der Waals surface area contributed by atoms with Crippen LogP contribution < -0.4 is 5.32 Å². The molecular formula is C74H120N6O4. The number of hydrogen-bond acceptors (Lipinski definition) is 6. The minimum Gasteiger partial charge on any atom is -0.339 e. The number of rotatable bonds is 8. The second kappa shape index (κ2) is 30.0. The summed E-state index contributed by atoms with van der Waals surface area (Å²) in [5.74, 6) is 2.98. The molecule has 3 aromatic carbocycles. The molecule has 84 heavy (non-hydrogen) atoms. The normalized spacial score (nSPS) is 22.6. The van der Waals surface area contributed by atoms with Crippen molar-refractivity contribution in [1.29, 1.82) is 0 Å². The zero-order valence-corrected chi connectivity index (χ0v) is 52.3. The van der Waals surface area contributed by atoms with Crippen molar-refractivity contribution in [1.82, 2.24) is 29.8 Å². The molecule has 0 aromatic heterocycles. The van der Waals surface area contributed by atoms with Gasteiger partial charge in [0.25, 0.3) is 0 Å². The summed E-state index contributed by atoms with van der Waals surface area (Å²) in [6, 6.07) is 31.9. The summed E-state index contributed by atoms with van der Waals surface area (Å²) in [5.41, 5.74) is 6.93. The van der Waals surface area contributed by atoms with Gasteiger partial charge in [-0.3, -0.25) is 24.1 Å². The van der Waals surface area contributed by atoms with Crippen LogP contribution in [0.15, 0.2) is 114 Å². The number of carbonyl (C=O) groups is 4. The summed E-state index contributed by atoms with van der Waals surface area (Å²) >= 11 is 0. The molecule has 10 heteroatoms. The van der Waals surface area contributed by atoms with Crippen LogP contribution in [0.2, 0.25) is 0 Å². The van der Waals surface area contributed by atoms with Crippen molar-refractivity contribution in [2.75, 3.05) is 52.4 Å². The summed E-state index contributed by atoms with van der Waals surface area (Å²) in [7, 11) is 0. The van der Waals surface area contributed by atoms with Crippen molar-refractivity contribution in [3.8, 4) is 0 Å². The molecule has 10 nitrogen and oxygen atoms in total. The monoisotopic (exact) mass is 1160 g/mol. The number of nitrogens with zero attached hydrogens (tertiary/aromatic N) is 5. The number of amides is 4. The molecule has 0 bridgehead atoms. The van der Waals surface area contributed by atoms with E-state index in [9.17, 15) is 19.2 Å².